The van der Waals surface area contributed by atoms with Crippen LogP contribution < -0.4 is 5.32 Å². The number of nitrogens with one attached hydrogen (secondary N) is 2. The van der Waals surface area contributed by atoms with E-state index in [0.717, 1.165) is 53.4 Å². The summed E-state index contributed by atoms with van der Waals surface area (Å²) < 4.78 is 0. The van der Waals surface area contributed by atoms with Crippen molar-refractivity contribution in [1.82, 2.24) is 15.2 Å². The standard InChI is InChI=1S/C25H27N3O2/c1-16-23(20-13-7-8-14-21(20)26-16)24-18-11-5-6-12-19(18)25(30)28(24)15-22(29)27-17-9-3-2-4-10-17/h5-8,11-14,17,24,26H,2-4,9-10,15H2,1H3,(H,27,29). The summed E-state index contributed by atoms with van der Waals surface area (Å²) in [6.07, 6.45) is 5.64. The van der Waals surface area contributed by atoms with Crippen LogP contribution in [0.3, 0.4) is 0 Å². The zero-order valence-corrected chi connectivity index (χ0v) is 17.3. The molecule has 3 aromatic rings. The van der Waals surface area contributed by atoms with Crippen LogP contribution in [0.4, 0.5) is 0 Å². The van der Waals surface area contributed by atoms with Crippen molar-refractivity contribution in [1.29, 1.82) is 0 Å². The first-order valence-electron chi connectivity index (χ1n) is 10.9. The van der Waals surface area contributed by atoms with Crippen LogP contribution in [0.25, 0.3) is 10.9 Å². The molecular weight excluding hydrogens is 374 g/mol. The molecule has 154 valence electrons. The van der Waals surface area contributed by atoms with E-state index >= 15 is 0 Å². The highest BCUT2D eigenvalue weighted by atomic mass is 16.2. The molecule has 0 saturated heterocycles. The number of rotatable bonds is 4. The molecule has 1 aromatic heterocycles. The molecule has 2 aliphatic rings. The van der Waals surface area contributed by atoms with Crippen molar-refractivity contribution in [3.05, 3.63) is 70.9 Å². The van der Waals surface area contributed by atoms with Gasteiger partial charge in [-0.2, -0.15) is 0 Å². The van der Waals surface area contributed by atoms with Gasteiger partial charge in [-0.3, -0.25) is 9.59 Å². The van der Waals surface area contributed by atoms with Gasteiger partial charge in [0.25, 0.3) is 5.91 Å². The quantitative estimate of drug-likeness (QED) is 0.677. The van der Waals surface area contributed by atoms with Crippen molar-refractivity contribution in [3.63, 3.8) is 0 Å². The number of nitrogens with zero attached hydrogens (tertiary/aromatic N) is 1. The van der Waals surface area contributed by atoms with Crippen molar-refractivity contribution in [3.8, 4) is 0 Å². The second-order valence-corrected chi connectivity index (χ2v) is 8.53. The molecule has 30 heavy (non-hydrogen) atoms. The van der Waals surface area contributed by atoms with Crippen molar-refractivity contribution in [2.75, 3.05) is 6.54 Å². The SMILES string of the molecule is Cc1[nH]c2ccccc2c1C1c2ccccc2C(=O)N1CC(=O)NC1CCCCC1. The van der Waals surface area contributed by atoms with E-state index in [4.69, 9.17) is 0 Å². The van der Waals surface area contributed by atoms with E-state index in [1.54, 1.807) is 4.90 Å². The molecule has 1 aliphatic carbocycles. The van der Waals surface area contributed by atoms with Crippen molar-refractivity contribution < 1.29 is 9.59 Å². The van der Waals surface area contributed by atoms with Crippen LogP contribution in [0, 0.1) is 6.92 Å². The van der Waals surface area contributed by atoms with Crippen molar-refractivity contribution >= 4 is 22.7 Å². The van der Waals surface area contributed by atoms with Crippen LogP contribution in [0.5, 0.6) is 0 Å². The number of aromatic amines is 1. The number of benzene rings is 2. The van der Waals surface area contributed by atoms with Gasteiger partial charge in [0.05, 0.1) is 6.04 Å². The number of hydrogen-bond donors (Lipinski definition) is 2. The summed E-state index contributed by atoms with van der Waals surface area (Å²) in [4.78, 5) is 31.4. The summed E-state index contributed by atoms with van der Waals surface area (Å²) >= 11 is 0. The van der Waals surface area contributed by atoms with E-state index in [9.17, 15) is 9.59 Å². The Morgan fingerprint density at radius 2 is 1.80 bits per heavy atom. The maximum Gasteiger partial charge on any atom is 0.255 e. The number of aryl methyl sites for hydroxylation is 1. The second-order valence-electron chi connectivity index (χ2n) is 8.53. The summed E-state index contributed by atoms with van der Waals surface area (Å²) in [5.41, 5.74) is 4.82. The average Bonchev–Trinajstić information content (AvgIpc) is 3.22. The second kappa shape index (κ2) is 7.63. The van der Waals surface area contributed by atoms with E-state index in [-0.39, 0.29) is 30.4 Å². The Hall–Kier alpha value is -3.08. The molecule has 5 heteroatoms. The third-order valence-corrected chi connectivity index (χ3v) is 6.56. The van der Waals surface area contributed by atoms with E-state index in [1.807, 2.05) is 43.3 Å². The lowest BCUT2D eigenvalue weighted by Crippen LogP contribution is -2.44. The predicted molar refractivity (Wildman–Crippen MR) is 117 cm³/mol. The van der Waals surface area contributed by atoms with Gasteiger partial charge >= 0.3 is 0 Å². The fraction of sp³-hybridized carbons (Fsp3) is 0.360. The molecule has 5 nitrogen and oxygen atoms in total. The van der Waals surface area contributed by atoms with Crippen LogP contribution in [0.15, 0.2) is 48.5 Å². The van der Waals surface area contributed by atoms with Crippen LogP contribution >= 0.6 is 0 Å². The largest absolute Gasteiger partial charge is 0.358 e. The molecule has 1 aliphatic heterocycles. The molecule has 1 atom stereocenters. The molecule has 0 radical (unpaired) electrons. The van der Waals surface area contributed by atoms with Gasteiger partial charge in [-0.1, -0.05) is 55.7 Å². The number of para-hydroxylation sites is 1. The number of carbonyl (C=O) groups excluding carboxylic acids is 2. The molecule has 1 saturated carbocycles. The zero-order valence-electron chi connectivity index (χ0n) is 17.3. The maximum atomic E-state index is 13.3. The van der Waals surface area contributed by atoms with Gasteiger partial charge in [0.2, 0.25) is 5.91 Å². The summed E-state index contributed by atoms with van der Waals surface area (Å²) in [6.45, 7) is 2.12. The highest BCUT2D eigenvalue weighted by Crippen LogP contribution is 2.42. The number of amides is 2. The molecule has 2 amide bonds. The average molecular weight is 402 g/mol. The van der Waals surface area contributed by atoms with Crippen molar-refractivity contribution in [2.24, 2.45) is 0 Å². The zero-order chi connectivity index (χ0) is 20.7. The normalized spacial score (nSPS) is 19.3. The van der Waals surface area contributed by atoms with Crippen LogP contribution in [0.1, 0.15) is 65.3 Å². The van der Waals surface area contributed by atoms with Gasteiger partial charge < -0.3 is 15.2 Å². The fourth-order valence-corrected chi connectivity index (χ4v) is 5.17. The summed E-state index contributed by atoms with van der Waals surface area (Å²) in [5.74, 6) is -0.135. The summed E-state index contributed by atoms with van der Waals surface area (Å²) in [6, 6.07) is 15.9. The van der Waals surface area contributed by atoms with Gasteiger partial charge in [0, 0.05) is 33.8 Å². The first kappa shape index (κ1) is 18.9. The molecule has 1 fully saturated rings. The van der Waals surface area contributed by atoms with Crippen LogP contribution in [-0.4, -0.2) is 34.3 Å². The highest BCUT2D eigenvalue weighted by molar-refractivity contribution is 6.02. The molecule has 0 spiro atoms. The Morgan fingerprint density at radius 3 is 2.63 bits per heavy atom. The van der Waals surface area contributed by atoms with Gasteiger partial charge in [-0.25, -0.2) is 0 Å². The molecule has 0 bridgehead atoms. The lowest BCUT2D eigenvalue weighted by atomic mass is 9.95. The van der Waals surface area contributed by atoms with E-state index in [0.29, 0.717) is 5.56 Å². The first-order chi connectivity index (χ1) is 14.6. The highest BCUT2D eigenvalue weighted by Gasteiger charge is 2.40. The number of fused-ring (bicyclic) bond motifs is 2. The van der Waals surface area contributed by atoms with Gasteiger partial charge in [0.15, 0.2) is 0 Å². The van der Waals surface area contributed by atoms with Crippen LogP contribution in [0.2, 0.25) is 0 Å². The van der Waals surface area contributed by atoms with Gasteiger partial charge in [-0.15, -0.1) is 0 Å². The van der Waals surface area contributed by atoms with E-state index in [2.05, 4.69) is 22.4 Å². The molecule has 1 unspecified atom stereocenters. The Balaban J connectivity index is 1.51. The van der Waals surface area contributed by atoms with Gasteiger partial charge in [-0.05, 0) is 37.5 Å². The lowest BCUT2D eigenvalue weighted by molar-refractivity contribution is -0.122. The number of aromatic nitrogens is 1. The lowest BCUT2D eigenvalue weighted by Gasteiger charge is -2.28. The summed E-state index contributed by atoms with van der Waals surface area (Å²) in [7, 11) is 0. The number of carbonyl (C=O) groups is 2. The van der Waals surface area contributed by atoms with E-state index < -0.39 is 0 Å². The third-order valence-electron chi connectivity index (χ3n) is 6.56. The minimum atomic E-state index is -0.262. The number of H-pyrrole nitrogens is 1. The predicted octanol–water partition coefficient (Wildman–Crippen LogP) is 4.47. The number of hydrogen-bond acceptors (Lipinski definition) is 2. The van der Waals surface area contributed by atoms with Crippen molar-refractivity contribution in [2.45, 2.75) is 51.1 Å². The topological polar surface area (TPSA) is 65.2 Å². The molecular formula is C25H27N3O2. The maximum absolute atomic E-state index is 13.3. The summed E-state index contributed by atoms with van der Waals surface area (Å²) in [5, 5.41) is 4.27. The molecule has 2 heterocycles. The molecule has 2 aromatic carbocycles. The third kappa shape index (κ3) is 3.18. The Labute approximate surface area is 176 Å². The molecule has 5 rings (SSSR count). The van der Waals surface area contributed by atoms with Gasteiger partial charge in [0.1, 0.15) is 6.54 Å². The monoisotopic (exact) mass is 401 g/mol. The van der Waals surface area contributed by atoms with E-state index in [1.165, 1.54) is 6.42 Å². The van der Waals surface area contributed by atoms with Crippen LogP contribution in [-0.2, 0) is 4.79 Å². The minimum absolute atomic E-state index is 0.0643. The Morgan fingerprint density at radius 1 is 1.07 bits per heavy atom. The fourth-order valence-electron chi connectivity index (χ4n) is 5.17. The first-order valence-corrected chi connectivity index (χ1v) is 10.9. The molecule has 2 N–H and O–H groups in total. The Bertz CT molecular complexity index is 1110. The minimum Gasteiger partial charge on any atom is -0.358 e. The smallest absolute Gasteiger partial charge is 0.255 e. The Kier molecular flexibility index (Phi) is 4.81.